The average molecular weight is 348 g/mol. The van der Waals surface area contributed by atoms with Crippen LogP contribution in [0.5, 0.6) is 5.75 Å². The minimum Gasteiger partial charge on any atom is -0.494 e. The molecule has 24 heavy (non-hydrogen) atoms. The lowest BCUT2D eigenvalue weighted by atomic mass is 10.3. The highest BCUT2D eigenvalue weighted by Crippen LogP contribution is 2.16. The van der Waals surface area contributed by atoms with Crippen molar-refractivity contribution >= 4 is 27.1 Å². The normalized spacial score (nSPS) is 10.9. The number of benzene rings is 2. The zero-order chi connectivity index (χ0) is 17.6. The third-order valence-corrected chi connectivity index (χ3v) is 4.31. The Morgan fingerprint density at radius 3 is 2.12 bits per heavy atom. The lowest BCUT2D eigenvalue weighted by Gasteiger charge is -2.09. The fraction of sp³-hybridized carbons (Fsp3) is 0.235. The highest BCUT2D eigenvalue weighted by Gasteiger charge is 2.07. The number of nitrogens with one attached hydrogen (secondary N) is 2. The topological polar surface area (TPSA) is 84.5 Å². The molecule has 0 unspecified atom stereocenters. The van der Waals surface area contributed by atoms with Crippen LogP contribution in [-0.2, 0) is 14.6 Å². The van der Waals surface area contributed by atoms with Crippen molar-refractivity contribution in [3.05, 3.63) is 48.5 Å². The minimum atomic E-state index is -3.24. The summed E-state index contributed by atoms with van der Waals surface area (Å²) in [5.74, 6) is 0.550. The molecule has 0 saturated carbocycles. The molecular weight excluding hydrogens is 328 g/mol. The van der Waals surface area contributed by atoms with Gasteiger partial charge in [-0.05, 0) is 55.5 Å². The first-order valence-corrected chi connectivity index (χ1v) is 9.34. The van der Waals surface area contributed by atoms with Crippen LogP contribution in [-0.4, -0.2) is 33.7 Å². The number of anilines is 2. The van der Waals surface area contributed by atoms with Crippen LogP contribution in [0.1, 0.15) is 6.92 Å². The smallest absolute Gasteiger partial charge is 0.243 e. The molecule has 0 bridgehead atoms. The summed E-state index contributed by atoms with van der Waals surface area (Å²) in [6.07, 6.45) is 1.14. The molecule has 2 aromatic carbocycles. The van der Waals surface area contributed by atoms with Gasteiger partial charge < -0.3 is 15.4 Å². The van der Waals surface area contributed by atoms with Crippen molar-refractivity contribution in [3.8, 4) is 5.75 Å². The molecular formula is C17H20N2O4S. The zero-order valence-corrected chi connectivity index (χ0v) is 14.4. The Hall–Kier alpha value is -2.54. The number of carbonyl (C=O) groups is 1. The fourth-order valence-electron chi connectivity index (χ4n) is 2.01. The molecule has 0 aliphatic heterocycles. The summed E-state index contributed by atoms with van der Waals surface area (Å²) in [6, 6.07) is 13.4. The van der Waals surface area contributed by atoms with Crippen LogP contribution in [0.4, 0.5) is 11.4 Å². The van der Waals surface area contributed by atoms with E-state index >= 15 is 0 Å². The van der Waals surface area contributed by atoms with Gasteiger partial charge in [0.1, 0.15) is 5.75 Å². The second kappa shape index (κ2) is 7.83. The molecule has 2 N–H and O–H groups in total. The van der Waals surface area contributed by atoms with Crippen LogP contribution in [0.3, 0.4) is 0 Å². The first-order valence-electron chi connectivity index (χ1n) is 7.45. The van der Waals surface area contributed by atoms with Crippen LogP contribution in [0, 0.1) is 0 Å². The van der Waals surface area contributed by atoms with E-state index in [2.05, 4.69) is 10.6 Å². The summed E-state index contributed by atoms with van der Waals surface area (Å²) in [5, 5.41) is 5.71. The van der Waals surface area contributed by atoms with Crippen molar-refractivity contribution in [2.45, 2.75) is 11.8 Å². The van der Waals surface area contributed by atoms with E-state index in [9.17, 15) is 13.2 Å². The average Bonchev–Trinajstić information content (AvgIpc) is 2.54. The molecule has 1 amide bonds. The lowest BCUT2D eigenvalue weighted by Crippen LogP contribution is -2.21. The third kappa shape index (κ3) is 5.27. The van der Waals surface area contributed by atoms with E-state index in [1.807, 2.05) is 31.2 Å². The van der Waals surface area contributed by atoms with Gasteiger partial charge in [0.25, 0.3) is 0 Å². The summed E-state index contributed by atoms with van der Waals surface area (Å²) in [6.45, 7) is 2.62. The van der Waals surface area contributed by atoms with E-state index in [4.69, 9.17) is 4.74 Å². The van der Waals surface area contributed by atoms with E-state index in [-0.39, 0.29) is 17.3 Å². The molecule has 0 aliphatic carbocycles. The summed E-state index contributed by atoms with van der Waals surface area (Å²) >= 11 is 0. The van der Waals surface area contributed by atoms with Gasteiger partial charge in [0.15, 0.2) is 9.84 Å². The van der Waals surface area contributed by atoms with Crippen molar-refractivity contribution in [2.75, 3.05) is 30.0 Å². The quantitative estimate of drug-likeness (QED) is 0.803. The maximum atomic E-state index is 11.9. The van der Waals surface area contributed by atoms with Crippen LogP contribution >= 0.6 is 0 Å². The molecule has 2 rings (SSSR count). The molecule has 0 atom stereocenters. The Balaban J connectivity index is 1.87. The minimum absolute atomic E-state index is 0.0990. The number of amides is 1. The Bertz CT molecular complexity index is 784. The standard InChI is InChI=1S/C17H20N2O4S/c1-3-23-15-8-4-13(5-9-15)18-12-17(20)19-14-6-10-16(11-7-14)24(2,21)22/h4-11,18H,3,12H2,1-2H3,(H,19,20). The second-order valence-electron chi connectivity index (χ2n) is 5.16. The molecule has 128 valence electrons. The molecule has 6 nitrogen and oxygen atoms in total. The maximum Gasteiger partial charge on any atom is 0.243 e. The molecule has 0 spiro atoms. The summed E-state index contributed by atoms with van der Waals surface area (Å²) in [7, 11) is -3.24. The number of rotatable bonds is 7. The first kappa shape index (κ1) is 17.8. The zero-order valence-electron chi connectivity index (χ0n) is 13.6. The molecule has 0 aromatic heterocycles. The Morgan fingerprint density at radius 1 is 1.00 bits per heavy atom. The van der Waals surface area contributed by atoms with Gasteiger partial charge >= 0.3 is 0 Å². The summed E-state index contributed by atoms with van der Waals surface area (Å²) in [4.78, 5) is 12.1. The van der Waals surface area contributed by atoms with Crippen molar-refractivity contribution in [3.63, 3.8) is 0 Å². The highest BCUT2D eigenvalue weighted by molar-refractivity contribution is 7.90. The molecule has 2 aromatic rings. The van der Waals surface area contributed by atoms with Gasteiger partial charge in [-0.15, -0.1) is 0 Å². The van der Waals surface area contributed by atoms with E-state index in [1.165, 1.54) is 12.1 Å². The first-order chi connectivity index (χ1) is 11.4. The molecule has 0 aliphatic rings. The SMILES string of the molecule is CCOc1ccc(NCC(=O)Nc2ccc(S(C)(=O)=O)cc2)cc1. The van der Waals surface area contributed by atoms with Crippen LogP contribution in [0.2, 0.25) is 0 Å². The van der Waals surface area contributed by atoms with E-state index < -0.39 is 9.84 Å². The van der Waals surface area contributed by atoms with Gasteiger partial charge in [-0.3, -0.25) is 4.79 Å². The maximum absolute atomic E-state index is 11.9. The fourth-order valence-corrected chi connectivity index (χ4v) is 2.64. The highest BCUT2D eigenvalue weighted by atomic mass is 32.2. The van der Waals surface area contributed by atoms with Crippen molar-refractivity contribution in [2.24, 2.45) is 0 Å². The molecule has 0 saturated heterocycles. The van der Waals surface area contributed by atoms with Crippen LogP contribution < -0.4 is 15.4 Å². The predicted molar refractivity (Wildman–Crippen MR) is 94.3 cm³/mol. The second-order valence-corrected chi connectivity index (χ2v) is 7.17. The van der Waals surface area contributed by atoms with Gasteiger partial charge in [0, 0.05) is 17.6 Å². The predicted octanol–water partition coefficient (Wildman–Crippen LogP) is 2.54. The van der Waals surface area contributed by atoms with Crippen molar-refractivity contribution in [1.82, 2.24) is 0 Å². The Morgan fingerprint density at radius 2 is 1.58 bits per heavy atom. The number of sulfone groups is 1. The van der Waals surface area contributed by atoms with E-state index in [0.717, 1.165) is 17.7 Å². The molecule has 0 fully saturated rings. The van der Waals surface area contributed by atoms with Crippen molar-refractivity contribution in [1.29, 1.82) is 0 Å². The molecule has 0 heterocycles. The number of hydrogen-bond donors (Lipinski definition) is 2. The monoisotopic (exact) mass is 348 g/mol. The van der Waals surface area contributed by atoms with Gasteiger partial charge in [-0.2, -0.15) is 0 Å². The number of ether oxygens (including phenoxy) is 1. The number of hydrogen-bond acceptors (Lipinski definition) is 5. The molecule has 0 radical (unpaired) electrons. The summed E-state index contributed by atoms with van der Waals surface area (Å²) < 4.78 is 28.1. The number of carbonyl (C=O) groups excluding carboxylic acids is 1. The summed E-state index contributed by atoms with van der Waals surface area (Å²) in [5.41, 5.74) is 1.35. The van der Waals surface area contributed by atoms with Crippen LogP contribution in [0.25, 0.3) is 0 Å². The van der Waals surface area contributed by atoms with Gasteiger partial charge in [-0.1, -0.05) is 0 Å². The molecule has 7 heteroatoms. The van der Waals surface area contributed by atoms with Gasteiger partial charge in [0.05, 0.1) is 18.0 Å². The van der Waals surface area contributed by atoms with Crippen molar-refractivity contribution < 1.29 is 17.9 Å². The van der Waals surface area contributed by atoms with Crippen LogP contribution in [0.15, 0.2) is 53.4 Å². The van der Waals surface area contributed by atoms with Gasteiger partial charge in [-0.25, -0.2) is 8.42 Å². The lowest BCUT2D eigenvalue weighted by molar-refractivity contribution is -0.114. The Labute approximate surface area is 141 Å². The third-order valence-electron chi connectivity index (χ3n) is 3.18. The Kier molecular flexibility index (Phi) is 5.81. The largest absolute Gasteiger partial charge is 0.494 e. The van der Waals surface area contributed by atoms with E-state index in [1.54, 1.807) is 12.1 Å². The van der Waals surface area contributed by atoms with Gasteiger partial charge in [0.2, 0.25) is 5.91 Å². The van der Waals surface area contributed by atoms with E-state index in [0.29, 0.717) is 12.3 Å².